The van der Waals surface area contributed by atoms with Crippen molar-refractivity contribution in [1.82, 2.24) is 20.4 Å². The zero-order valence-corrected chi connectivity index (χ0v) is 11.6. The SMILES string of the molecule is Cn1nccc1CNC1CCCC1C1COCCN1. The van der Waals surface area contributed by atoms with Gasteiger partial charge >= 0.3 is 0 Å². The summed E-state index contributed by atoms with van der Waals surface area (Å²) in [6.45, 7) is 3.63. The molecule has 5 nitrogen and oxygen atoms in total. The standard InChI is InChI=1S/C14H24N4O/c1-18-11(5-6-17-18)9-16-13-4-2-3-12(13)14-10-19-8-7-15-14/h5-6,12-16H,2-4,7-10H2,1H3. The number of aryl methyl sites for hydroxylation is 1. The molecule has 0 bridgehead atoms. The minimum Gasteiger partial charge on any atom is -0.379 e. The Hall–Kier alpha value is -0.910. The Kier molecular flexibility index (Phi) is 4.15. The van der Waals surface area contributed by atoms with E-state index < -0.39 is 0 Å². The fourth-order valence-corrected chi connectivity index (χ4v) is 3.39. The van der Waals surface area contributed by atoms with Crippen LogP contribution in [0.4, 0.5) is 0 Å². The summed E-state index contributed by atoms with van der Waals surface area (Å²) in [4.78, 5) is 0. The van der Waals surface area contributed by atoms with Gasteiger partial charge in [-0.3, -0.25) is 4.68 Å². The maximum Gasteiger partial charge on any atom is 0.0623 e. The number of ether oxygens (including phenoxy) is 1. The molecule has 2 N–H and O–H groups in total. The smallest absolute Gasteiger partial charge is 0.0623 e. The van der Waals surface area contributed by atoms with Crippen molar-refractivity contribution in [2.45, 2.75) is 37.9 Å². The van der Waals surface area contributed by atoms with E-state index in [4.69, 9.17) is 4.74 Å². The van der Waals surface area contributed by atoms with Crippen LogP contribution in [0.2, 0.25) is 0 Å². The predicted molar refractivity (Wildman–Crippen MR) is 73.8 cm³/mol. The van der Waals surface area contributed by atoms with Gasteiger partial charge in [-0.05, 0) is 24.8 Å². The topological polar surface area (TPSA) is 51.1 Å². The number of rotatable bonds is 4. The first-order valence-electron chi connectivity index (χ1n) is 7.36. The van der Waals surface area contributed by atoms with E-state index in [1.807, 2.05) is 17.9 Å². The van der Waals surface area contributed by atoms with E-state index in [0.717, 1.165) is 26.3 Å². The molecule has 1 aliphatic heterocycles. The number of hydrogen-bond donors (Lipinski definition) is 2. The van der Waals surface area contributed by atoms with Crippen molar-refractivity contribution in [3.8, 4) is 0 Å². The Morgan fingerprint density at radius 3 is 3.21 bits per heavy atom. The lowest BCUT2D eigenvalue weighted by molar-refractivity contribution is 0.0524. The lowest BCUT2D eigenvalue weighted by Gasteiger charge is -2.33. The van der Waals surface area contributed by atoms with Gasteiger partial charge in [0.2, 0.25) is 0 Å². The third kappa shape index (κ3) is 2.99. The molecule has 0 radical (unpaired) electrons. The highest BCUT2D eigenvalue weighted by atomic mass is 16.5. The van der Waals surface area contributed by atoms with E-state index in [-0.39, 0.29) is 0 Å². The second kappa shape index (κ2) is 6.03. The summed E-state index contributed by atoms with van der Waals surface area (Å²) in [5.74, 6) is 0.702. The van der Waals surface area contributed by atoms with Gasteiger partial charge in [0.1, 0.15) is 0 Å². The van der Waals surface area contributed by atoms with Crippen molar-refractivity contribution in [2.24, 2.45) is 13.0 Å². The Balaban J connectivity index is 1.55. The Labute approximate surface area is 114 Å². The van der Waals surface area contributed by atoms with Gasteiger partial charge in [-0.25, -0.2) is 0 Å². The number of hydrogen-bond acceptors (Lipinski definition) is 4. The fraction of sp³-hybridized carbons (Fsp3) is 0.786. The second-order valence-corrected chi connectivity index (χ2v) is 5.66. The predicted octanol–water partition coefficient (Wildman–Crippen LogP) is 0.667. The van der Waals surface area contributed by atoms with E-state index in [0.29, 0.717) is 18.0 Å². The number of nitrogens with one attached hydrogen (secondary N) is 2. The lowest BCUT2D eigenvalue weighted by atomic mass is 9.94. The minimum absolute atomic E-state index is 0.528. The highest BCUT2D eigenvalue weighted by Crippen LogP contribution is 2.29. The van der Waals surface area contributed by atoms with Gasteiger partial charge in [0.15, 0.2) is 0 Å². The normalized spacial score (nSPS) is 31.7. The lowest BCUT2D eigenvalue weighted by Crippen LogP contribution is -2.50. The van der Waals surface area contributed by atoms with E-state index in [1.165, 1.54) is 25.0 Å². The molecule has 0 aromatic carbocycles. The molecule has 5 heteroatoms. The van der Waals surface area contributed by atoms with Crippen LogP contribution in [0.3, 0.4) is 0 Å². The summed E-state index contributed by atoms with van der Waals surface area (Å²) in [6.07, 6.45) is 5.77. The number of nitrogens with zero attached hydrogens (tertiary/aromatic N) is 2. The molecule has 19 heavy (non-hydrogen) atoms. The van der Waals surface area contributed by atoms with Crippen LogP contribution >= 0.6 is 0 Å². The fourth-order valence-electron chi connectivity index (χ4n) is 3.39. The molecule has 1 saturated heterocycles. The molecule has 1 aromatic rings. The van der Waals surface area contributed by atoms with Crippen LogP contribution < -0.4 is 10.6 Å². The van der Waals surface area contributed by atoms with Crippen molar-refractivity contribution >= 4 is 0 Å². The highest BCUT2D eigenvalue weighted by Gasteiger charge is 2.34. The van der Waals surface area contributed by atoms with Gasteiger partial charge in [-0.15, -0.1) is 0 Å². The van der Waals surface area contributed by atoms with Crippen molar-refractivity contribution < 1.29 is 4.74 Å². The summed E-state index contributed by atoms with van der Waals surface area (Å²) in [5.41, 5.74) is 1.25. The van der Waals surface area contributed by atoms with E-state index in [1.54, 1.807) is 0 Å². The van der Waals surface area contributed by atoms with Crippen molar-refractivity contribution in [1.29, 1.82) is 0 Å². The Morgan fingerprint density at radius 2 is 2.47 bits per heavy atom. The Morgan fingerprint density at radius 1 is 1.53 bits per heavy atom. The van der Waals surface area contributed by atoms with E-state index in [2.05, 4.69) is 21.8 Å². The van der Waals surface area contributed by atoms with E-state index in [9.17, 15) is 0 Å². The Bertz CT molecular complexity index is 400. The summed E-state index contributed by atoms with van der Waals surface area (Å²) in [7, 11) is 2.00. The van der Waals surface area contributed by atoms with Crippen LogP contribution in [0.25, 0.3) is 0 Å². The molecule has 1 aliphatic carbocycles. The van der Waals surface area contributed by atoms with Crippen molar-refractivity contribution in [2.75, 3.05) is 19.8 Å². The van der Waals surface area contributed by atoms with Crippen molar-refractivity contribution in [3.05, 3.63) is 18.0 Å². The minimum atomic E-state index is 0.528. The molecule has 3 atom stereocenters. The first kappa shape index (κ1) is 13.1. The molecule has 106 valence electrons. The maximum atomic E-state index is 5.61. The van der Waals surface area contributed by atoms with Gasteiger partial charge < -0.3 is 15.4 Å². The number of aromatic nitrogens is 2. The monoisotopic (exact) mass is 264 g/mol. The molecular weight excluding hydrogens is 240 g/mol. The van der Waals surface area contributed by atoms with Crippen LogP contribution in [0.1, 0.15) is 25.0 Å². The largest absolute Gasteiger partial charge is 0.379 e. The zero-order chi connectivity index (χ0) is 13.1. The highest BCUT2D eigenvalue weighted by molar-refractivity contribution is 5.01. The molecule has 1 aromatic heterocycles. The van der Waals surface area contributed by atoms with Crippen LogP contribution in [0.15, 0.2) is 12.3 Å². The van der Waals surface area contributed by atoms with Gasteiger partial charge in [-0.1, -0.05) is 6.42 Å². The summed E-state index contributed by atoms with van der Waals surface area (Å²) >= 11 is 0. The molecule has 2 fully saturated rings. The summed E-state index contributed by atoms with van der Waals surface area (Å²) in [6, 6.07) is 3.22. The molecule has 2 heterocycles. The average Bonchev–Trinajstić information content (AvgIpc) is 3.06. The van der Waals surface area contributed by atoms with Gasteiger partial charge in [0.05, 0.1) is 18.9 Å². The molecule has 2 aliphatic rings. The molecule has 3 unspecified atom stereocenters. The van der Waals surface area contributed by atoms with Crippen LogP contribution in [0.5, 0.6) is 0 Å². The third-order valence-corrected chi connectivity index (χ3v) is 4.50. The first-order chi connectivity index (χ1) is 9.34. The van der Waals surface area contributed by atoms with Crippen LogP contribution in [-0.2, 0) is 18.3 Å². The van der Waals surface area contributed by atoms with Gasteiger partial charge in [-0.2, -0.15) is 5.10 Å². The van der Waals surface area contributed by atoms with E-state index >= 15 is 0 Å². The quantitative estimate of drug-likeness (QED) is 0.839. The zero-order valence-electron chi connectivity index (χ0n) is 11.6. The van der Waals surface area contributed by atoms with Crippen molar-refractivity contribution in [3.63, 3.8) is 0 Å². The van der Waals surface area contributed by atoms with Crippen LogP contribution in [-0.4, -0.2) is 41.6 Å². The maximum absolute atomic E-state index is 5.61. The molecule has 3 rings (SSSR count). The van der Waals surface area contributed by atoms with Gasteiger partial charge in [0, 0.05) is 38.4 Å². The first-order valence-corrected chi connectivity index (χ1v) is 7.36. The third-order valence-electron chi connectivity index (χ3n) is 4.50. The second-order valence-electron chi connectivity index (χ2n) is 5.66. The number of morpholine rings is 1. The molecule has 0 amide bonds. The van der Waals surface area contributed by atoms with Gasteiger partial charge in [0.25, 0.3) is 0 Å². The average molecular weight is 264 g/mol. The molecular formula is C14H24N4O. The summed E-state index contributed by atoms with van der Waals surface area (Å²) in [5, 5.41) is 11.5. The van der Waals surface area contributed by atoms with Crippen LogP contribution in [0, 0.1) is 5.92 Å². The molecule has 1 saturated carbocycles. The molecule has 0 spiro atoms. The summed E-state index contributed by atoms with van der Waals surface area (Å²) < 4.78 is 7.55.